The van der Waals surface area contributed by atoms with Gasteiger partial charge in [-0.15, -0.1) is 0 Å². The highest BCUT2D eigenvalue weighted by atomic mass is 16.5. The lowest BCUT2D eigenvalue weighted by atomic mass is 9.97. The molecule has 0 saturated carbocycles. The first kappa shape index (κ1) is 30.2. The van der Waals surface area contributed by atoms with Crippen LogP contribution in [0.25, 0.3) is 21.5 Å². The fourth-order valence-electron chi connectivity index (χ4n) is 5.26. The van der Waals surface area contributed by atoms with Gasteiger partial charge in [0.25, 0.3) is 0 Å². The summed E-state index contributed by atoms with van der Waals surface area (Å²) in [6.07, 6.45) is 0. The van der Waals surface area contributed by atoms with Gasteiger partial charge >= 0.3 is 11.9 Å². The first-order valence-corrected chi connectivity index (χ1v) is 14.8. The molecule has 0 radical (unpaired) electrons. The Bertz CT molecular complexity index is 1860. The number of esters is 2. The van der Waals surface area contributed by atoms with Gasteiger partial charge in [-0.2, -0.15) is 0 Å². The molecule has 46 heavy (non-hydrogen) atoms. The number of hydrogen-bond donors (Lipinski definition) is 0. The van der Waals surface area contributed by atoms with Gasteiger partial charge in [-0.05, 0) is 63.0 Å². The second kappa shape index (κ2) is 13.9. The van der Waals surface area contributed by atoms with Gasteiger partial charge in [0.05, 0.1) is 25.3 Å². The van der Waals surface area contributed by atoms with Crippen LogP contribution < -0.4 is 14.2 Å². The van der Waals surface area contributed by atoms with Crippen molar-refractivity contribution in [1.29, 1.82) is 0 Å². The Hall–Kier alpha value is -5.82. The van der Waals surface area contributed by atoms with E-state index in [1.54, 1.807) is 24.3 Å². The van der Waals surface area contributed by atoms with E-state index >= 15 is 0 Å². The van der Waals surface area contributed by atoms with Crippen molar-refractivity contribution >= 4 is 33.5 Å². The topological polar surface area (TPSA) is 80.3 Å². The van der Waals surface area contributed by atoms with Crippen LogP contribution in [0.4, 0.5) is 0 Å². The van der Waals surface area contributed by atoms with E-state index in [2.05, 4.69) is 30.3 Å². The Morgan fingerprint density at radius 1 is 0.478 bits per heavy atom. The average molecular weight is 613 g/mol. The summed E-state index contributed by atoms with van der Waals surface area (Å²) in [7, 11) is 2.71. The number of carbonyl (C=O) groups excluding carboxylic acids is 2. The van der Waals surface area contributed by atoms with E-state index in [1.165, 1.54) is 14.2 Å². The molecule has 0 spiro atoms. The van der Waals surface area contributed by atoms with Gasteiger partial charge in [-0.25, -0.2) is 9.59 Å². The molecule has 230 valence electrons. The summed E-state index contributed by atoms with van der Waals surface area (Å²) >= 11 is 0. The minimum atomic E-state index is -0.391. The van der Waals surface area contributed by atoms with Crippen LogP contribution in [0.5, 0.6) is 17.2 Å². The summed E-state index contributed by atoms with van der Waals surface area (Å²) in [5.41, 5.74) is 3.80. The van der Waals surface area contributed by atoms with Crippen LogP contribution in [0.3, 0.4) is 0 Å². The maximum atomic E-state index is 11.8. The molecule has 0 aliphatic rings. The summed E-state index contributed by atoms with van der Waals surface area (Å²) in [5, 5.41) is 4.57. The molecule has 0 amide bonds. The smallest absolute Gasteiger partial charge is 0.337 e. The second-order valence-electron chi connectivity index (χ2n) is 10.7. The highest BCUT2D eigenvalue weighted by Gasteiger charge is 2.12. The zero-order valence-electron chi connectivity index (χ0n) is 25.5. The number of carbonyl (C=O) groups is 2. The van der Waals surface area contributed by atoms with E-state index in [9.17, 15) is 9.59 Å². The molecule has 0 N–H and O–H groups in total. The predicted octanol–water partition coefficient (Wildman–Crippen LogP) is 8.30. The van der Waals surface area contributed by atoms with Crippen LogP contribution in [-0.4, -0.2) is 26.2 Å². The number of fused-ring (bicyclic) bond motifs is 2. The van der Waals surface area contributed by atoms with Crippen molar-refractivity contribution in [3.63, 3.8) is 0 Å². The third-order valence-corrected chi connectivity index (χ3v) is 7.68. The number of benzene rings is 6. The summed E-state index contributed by atoms with van der Waals surface area (Å²) in [6.45, 7) is 0.884. The van der Waals surface area contributed by atoms with Crippen LogP contribution in [0.15, 0.2) is 121 Å². The maximum absolute atomic E-state index is 11.8. The monoisotopic (exact) mass is 612 g/mol. The molecule has 0 saturated heterocycles. The molecule has 0 aliphatic carbocycles. The van der Waals surface area contributed by atoms with Crippen molar-refractivity contribution in [2.75, 3.05) is 14.2 Å². The number of ether oxygens (including phenoxy) is 5. The Balaban J connectivity index is 1.25. The van der Waals surface area contributed by atoms with Crippen LogP contribution in [-0.2, 0) is 29.3 Å². The molecular weight excluding hydrogens is 580 g/mol. The van der Waals surface area contributed by atoms with Crippen molar-refractivity contribution < 1.29 is 33.3 Å². The maximum Gasteiger partial charge on any atom is 0.337 e. The van der Waals surface area contributed by atoms with E-state index in [4.69, 9.17) is 23.7 Å². The third-order valence-electron chi connectivity index (χ3n) is 7.68. The van der Waals surface area contributed by atoms with Crippen LogP contribution in [0.2, 0.25) is 0 Å². The fourth-order valence-corrected chi connectivity index (χ4v) is 5.26. The molecule has 0 aromatic heterocycles. The molecular formula is C39H32O7. The Morgan fingerprint density at radius 2 is 0.870 bits per heavy atom. The minimum Gasteiger partial charge on any atom is -0.489 e. The standard InChI is InChI=1S/C39H32O7/c1-42-38(40)28-15-11-26(12-16-28)23-44-32-20-33(45-24-27-13-17-29(18-14-27)39(41)43-2)22-34(21-32)46-25-37-35-9-5-3-7-30(35)19-31-8-4-6-10-36(31)37/h3-22H,23-25H2,1-2H3. The van der Waals surface area contributed by atoms with E-state index in [0.717, 1.165) is 38.2 Å². The Morgan fingerprint density at radius 3 is 1.28 bits per heavy atom. The first-order valence-electron chi connectivity index (χ1n) is 14.8. The fraction of sp³-hybridized carbons (Fsp3) is 0.128. The zero-order chi connectivity index (χ0) is 31.9. The highest BCUT2D eigenvalue weighted by molar-refractivity contribution is 6.02. The summed E-state index contributed by atoms with van der Waals surface area (Å²) < 4.78 is 28.4. The number of rotatable bonds is 11. The van der Waals surface area contributed by atoms with E-state index < -0.39 is 11.9 Å². The van der Waals surface area contributed by atoms with Gasteiger partial charge in [0.2, 0.25) is 0 Å². The molecule has 0 fully saturated rings. The number of hydrogen-bond acceptors (Lipinski definition) is 7. The largest absolute Gasteiger partial charge is 0.489 e. The highest BCUT2D eigenvalue weighted by Crippen LogP contribution is 2.33. The van der Waals surface area contributed by atoms with E-state index in [0.29, 0.717) is 35.0 Å². The molecule has 0 unspecified atom stereocenters. The Kier molecular flexibility index (Phi) is 9.11. The lowest BCUT2D eigenvalue weighted by Crippen LogP contribution is -2.03. The first-order chi connectivity index (χ1) is 22.5. The van der Waals surface area contributed by atoms with Crippen molar-refractivity contribution in [1.82, 2.24) is 0 Å². The normalized spacial score (nSPS) is 10.8. The molecule has 6 rings (SSSR count). The third kappa shape index (κ3) is 6.94. The molecule has 7 nitrogen and oxygen atoms in total. The number of methoxy groups -OCH3 is 2. The molecule has 0 bridgehead atoms. The molecule has 0 aliphatic heterocycles. The predicted molar refractivity (Wildman–Crippen MR) is 176 cm³/mol. The zero-order valence-corrected chi connectivity index (χ0v) is 25.5. The van der Waals surface area contributed by atoms with E-state index in [-0.39, 0.29) is 13.2 Å². The van der Waals surface area contributed by atoms with Gasteiger partial charge in [0, 0.05) is 23.8 Å². The van der Waals surface area contributed by atoms with Gasteiger partial charge in [-0.3, -0.25) is 0 Å². The van der Waals surface area contributed by atoms with Gasteiger partial charge < -0.3 is 23.7 Å². The van der Waals surface area contributed by atoms with Gasteiger partial charge in [-0.1, -0.05) is 72.8 Å². The molecule has 0 heterocycles. The lowest BCUT2D eigenvalue weighted by molar-refractivity contribution is 0.0592. The van der Waals surface area contributed by atoms with Gasteiger partial charge in [0.15, 0.2) is 0 Å². The molecule has 0 atom stereocenters. The van der Waals surface area contributed by atoms with Crippen LogP contribution in [0.1, 0.15) is 37.4 Å². The lowest BCUT2D eigenvalue weighted by Gasteiger charge is -2.16. The van der Waals surface area contributed by atoms with Gasteiger partial charge in [0.1, 0.15) is 37.1 Å². The summed E-state index contributed by atoms with van der Waals surface area (Å²) in [4.78, 5) is 23.6. The summed E-state index contributed by atoms with van der Waals surface area (Å²) in [6, 6.07) is 38.4. The molecule has 6 aromatic carbocycles. The van der Waals surface area contributed by atoms with Crippen molar-refractivity contribution in [3.05, 3.63) is 149 Å². The van der Waals surface area contributed by atoms with Crippen molar-refractivity contribution in [2.24, 2.45) is 0 Å². The van der Waals surface area contributed by atoms with E-state index in [1.807, 2.05) is 66.7 Å². The van der Waals surface area contributed by atoms with Crippen LogP contribution >= 0.6 is 0 Å². The SMILES string of the molecule is COC(=O)c1ccc(COc2cc(OCc3ccc(C(=O)OC)cc3)cc(OCc3c4ccccc4cc4ccccc34)c2)cc1. The average Bonchev–Trinajstić information content (AvgIpc) is 3.11. The van der Waals surface area contributed by atoms with Crippen molar-refractivity contribution in [3.8, 4) is 17.2 Å². The molecule has 6 aromatic rings. The summed E-state index contributed by atoms with van der Waals surface area (Å²) in [5.74, 6) is 0.935. The second-order valence-corrected chi connectivity index (χ2v) is 10.7. The quantitative estimate of drug-likeness (QED) is 0.108. The van der Waals surface area contributed by atoms with Crippen LogP contribution in [0, 0.1) is 0 Å². The minimum absolute atomic E-state index is 0.271. The van der Waals surface area contributed by atoms with Crippen molar-refractivity contribution in [2.45, 2.75) is 19.8 Å². The molecule has 7 heteroatoms. The Labute approximate surface area is 266 Å².